The van der Waals surface area contributed by atoms with E-state index < -0.39 is 27.0 Å². The van der Waals surface area contributed by atoms with Gasteiger partial charge in [0.15, 0.2) is 5.75 Å². The quantitative estimate of drug-likeness (QED) is 0.290. The fraction of sp³-hybridized carbons (Fsp3) is 0.458. The van der Waals surface area contributed by atoms with Gasteiger partial charge >= 0.3 is 17.5 Å². The smallest absolute Gasteiger partial charge is 0.410 e. The van der Waals surface area contributed by atoms with Crippen LogP contribution in [0.1, 0.15) is 44.7 Å². The summed E-state index contributed by atoms with van der Waals surface area (Å²) in [4.78, 5) is 33.9. The lowest BCUT2D eigenvalue weighted by molar-refractivity contribution is -0.387. The number of piperidine rings is 1. The van der Waals surface area contributed by atoms with Crippen LogP contribution in [0.25, 0.3) is 0 Å². The summed E-state index contributed by atoms with van der Waals surface area (Å²) in [6.45, 7) is 9.70. The standard InChI is InChI=1S/C17H23ClN2O5.C7H5ClFNO2/c1-11-9-14(20(22)23)15(10-13(11)18)24-12-5-7-19(8-6-12)16(21)25-17(2,3)4;1-4-2-7(10(11)12)6(9)3-5(4)8/h9-10,12H,5-8H2,1-4H3;2-3H,1H3. The van der Waals surface area contributed by atoms with Gasteiger partial charge in [-0.15, -0.1) is 0 Å². The van der Waals surface area contributed by atoms with E-state index in [1.807, 2.05) is 20.8 Å². The molecule has 1 amide bonds. The maximum absolute atomic E-state index is 12.8. The first-order chi connectivity index (χ1) is 17.1. The molecule has 0 aromatic heterocycles. The SMILES string of the molecule is Cc1cc([N+](=O)[O-])c(F)cc1Cl.Cc1cc([N+](=O)[O-])c(OC2CCN(C(=O)OC(C)(C)C)CC2)cc1Cl. The highest BCUT2D eigenvalue weighted by Gasteiger charge is 2.29. The average molecular weight is 560 g/mol. The van der Waals surface area contributed by atoms with Gasteiger partial charge in [-0.25, -0.2) is 4.79 Å². The van der Waals surface area contributed by atoms with E-state index in [-0.39, 0.29) is 28.7 Å². The largest absolute Gasteiger partial charge is 0.483 e. The second kappa shape index (κ2) is 12.4. The van der Waals surface area contributed by atoms with Gasteiger partial charge in [0.2, 0.25) is 5.82 Å². The summed E-state index contributed by atoms with van der Waals surface area (Å²) in [5.41, 5.74) is -0.0671. The molecule has 3 rings (SSSR count). The molecule has 0 unspecified atom stereocenters. The Balaban J connectivity index is 0.000000335. The number of nitro benzene ring substituents is 2. The third kappa shape index (κ3) is 8.71. The van der Waals surface area contributed by atoms with Crippen LogP contribution in [-0.4, -0.2) is 45.6 Å². The number of carbonyl (C=O) groups is 1. The van der Waals surface area contributed by atoms with E-state index in [1.165, 1.54) is 12.1 Å². The van der Waals surface area contributed by atoms with E-state index >= 15 is 0 Å². The van der Waals surface area contributed by atoms with Crippen molar-refractivity contribution < 1.29 is 28.5 Å². The highest BCUT2D eigenvalue weighted by molar-refractivity contribution is 6.31. The van der Waals surface area contributed by atoms with Crippen LogP contribution in [0.5, 0.6) is 5.75 Å². The number of carbonyl (C=O) groups excluding carboxylic acids is 1. The molecule has 202 valence electrons. The Morgan fingerprint density at radius 3 is 1.95 bits per heavy atom. The first kappa shape index (κ1) is 30.0. The molecule has 10 nitrogen and oxygen atoms in total. The molecule has 0 N–H and O–H groups in total. The summed E-state index contributed by atoms with van der Waals surface area (Å²) in [5.74, 6) is -0.744. The molecule has 1 heterocycles. The molecular formula is C24H28Cl2FN3O7. The van der Waals surface area contributed by atoms with Crippen molar-refractivity contribution in [3.63, 3.8) is 0 Å². The molecule has 2 aromatic carbocycles. The van der Waals surface area contributed by atoms with Crippen molar-refractivity contribution in [1.29, 1.82) is 0 Å². The van der Waals surface area contributed by atoms with Crippen LogP contribution >= 0.6 is 23.2 Å². The number of hydrogen-bond donors (Lipinski definition) is 0. The van der Waals surface area contributed by atoms with Crippen LogP contribution in [-0.2, 0) is 4.74 Å². The summed E-state index contributed by atoms with van der Waals surface area (Å²) in [6, 6.07) is 4.94. The molecule has 1 aliphatic rings. The predicted molar refractivity (Wildman–Crippen MR) is 137 cm³/mol. The Bertz CT molecular complexity index is 1180. The van der Waals surface area contributed by atoms with Crippen LogP contribution in [0.4, 0.5) is 20.6 Å². The van der Waals surface area contributed by atoms with Crippen molar-refractivity contribution in [2.45, 2.75) is 59.2 Å². The van der Waals surface area contributed by atoms with Gasteiger partial charge in [0.25, 0.3) is 0 Å². The molecule has 2 aromatic rings. The molecular weight excluding hydrogens is 532 g/mol. The highest BCUT2D eigenvalue weighted by atomic mass is 35.5. The zero-order valence-corrected chi connectivity index (χ0v) is 22.6. The fourth-order valence-electron chi connectivity index (χ4n) is 3.33. The van der Waals surface area contributed by atoms with Gasteiger partial charge in [-0.3, -0.25) is 20.2 Å². The van der Waals surface area contributed by atoms with Crippen LogP contribution in [0.15, 0.2) is 24.3 Å². The lowest BCUT2D eigenvalue weighted by atomic mass is 10.1. The van der Waals surface area contributed by atoms with Crippen LogP contribution in [0, 0.1) is 39.9 Å². The van der Waals surface area contributed by atoms with Crippen molar-refractivity contribution in [3.05, 3.63) is 71.5 Å². The van der Waals surface area contributed by atoms with Crippen LogP contribution in [0.2, 0.25) is 10.0 Å². The van der Waals surface area contributed by atoms with Gasteiger partial charge in [0.05, 0.1) is 9.85 Å². The predicted octanol–water partition coefficient (Wildman–Crippen LogP) is 7.03. The van der Waals surface area contributed by atoms with Crippen molar-refractivity contribution in [3.8, 4) is 5.75 Å². The number of nitrogens with zero attached hydrogens (tertiary/aromatic N) is 3. The van der Waals surface area contributed by atoms with Gasteiger partial charge in [0.1, 0.15) is 11.7 Å². The maximum Gasteiger partial charge on any atom is 0.410 e. The topological polar surface area (TPSA) is 125 Å². The maximum atomic E-state index is 12.8. The number of likely N-dealkylation sites (tertiary alicyclic amines) is 1. The molecule has 1 aliphatic heterocycles. The van der Waals surface area contributed by atoms with Gasteiger partial charge in [-0.05, 0) is 51.8 Å². The number of benzene rings is 2. The number of aryl methyl sites for hydroxylation is 2. The van der Waals surface area contributed by atoms with E-state index in [1.54, 1.807) is 18.7 Å². The van der Waals surface area contributed by atoms with Gasteiger partial charge in [-0.2, -0.15) is 4.39 Å². The van der Waals surface area contributed by atoms with Crippen molar-refractivity contribution >= 4 is 40.7 Å². The number of nitro groups is 2. The number of hydrogen-bond acceptors (Lipinski definition) is 7. The van der Waals surface area contributed by atoms with Crippen LogP contribution < -0.4 is 4.74 Å². The first-order valence-corrected chi connectivity index (χ1v) is 12.0. The lowest BCUT2D eigenvalue weighted by Gasteiger charge is -2.33. The molecule has 13 heteroatoms. The Hall–Kier alpha value is -3.18. The zero-order valence-electron chi connectivity index (χ0n) is 21.0. The third-order valence-electron chi connectivity index (χ3n) is 5.25. The second-order valence-corrected chi connectivity index (χ2v) is 10.2. The Morgan fingerprint density at radius 1 is 0.973 bits per heavy atom. The van der Waals surface area contributed by atoms with E-state index in [0.29, 0.717) is 42.1 Å². The molecule has 37 heavy (non-hydrogen) atoms. The van der Waals surface area contributed by atoms with Crippen molar-refractivity contribution in [2.24, 2.45) is 0 Å². The number of rotatable bonds is 4. The summed E-state index contributed by atoms with van der Waals surface area (Å²) in [7, 11) is 0. The van der Waals surface area contributed by atoms with E-state index in [2.05, 4.69) is 0 Å². The van der Waals surface area contributed by atoms with Gasteiger partial charge in [-0.1, -0.05) is 23.2 Å². The summed E-state index contributed by atoms with van der Waals surface area (Å²) >= 11 is 11.6. The molecule has 0 spiro atoms. The van der Waals surface area contributed by atoms with Gasteiger partial charge < -0.3 is 14.4 Å². The molecule has 1 fully saturated rings. The minimum Gasteiger partial charge on any atom is -0.483 e. The van der Waals surface area contributed by atoms with E-state index in [4.69, 9.17) is 32.7 Å². The molecule has 0 radical (unpaired) electrons. The molecule has 0 bridgehead atoms. The third-order valence-corrected chi connectivity index (χ3v) is 6.06. The average Bonchev–Trinajstić information content (AvgIpc) is 2.78. The Labute approximate surface area is 223 Å². The van der Waals surface area contributed by atoms with Crippen molar-refractivity contribution in [2.75, 3.05) is 13.1 Å². The molecule has 0 atom stereocenters. The monoisotopic (exact) mass is 559 g/mol. The normalized spacial score (nSPS) is 13.9. The van der Waals surface area contributed by atoms with Crippen molar-refractivity contribution in [1.82, 2.24) is 4.90 Å². The Kier molecular flexibility index (Phi) is 10.0. The number of halogens is 3. The van der Waals surface area contributed by atoms with E-state index in [9.17, 15) is 29.4 Å². The molecule has 0 saturated carbocycles. The first-order valence-electron chi connectivity index (χ1n) is 11.3. The van der Waals surface area contributed by atoms with E-state index in [0.717, 1.165) is 12.1 Å². The van der Waals surface area contributed by atoms with Gasteiger partial charge in [0, 0.05) is 54.2 Å². The minimum atomic E-state index is -0.907. The molecule has 1 saturated heterocycles. The highest BCUT2D eigenvalue weighted by Crippen LogP contribution is 2.34. The number of ether oxygens (including phenoxy) is 2. The summed E-state index contributed by atoms with van der Waals surface area (Å²) in [5, 5.41) is 22.0. The Morgan fingerprint density at radius 2 is 1.46 bits per heavy atom. The summed E-state index contributed by atoms with van der Waals surface area (Å²) < 4.78 is 23.9. The fourth-order valence-corrected chi connectivity index (χ4v) is 3.63. The summed E-state index contributed by atoms with van der Waals surface area (Å²) in [6.07, 6.45) is 0.579. The lowest BCUT2D eigenvalue weighted by Crippen LogP contribution is -2.44. The zero-order chi connectivity index (χ0) is 28.1. The van der Waals surface area contributed by atoms with Crippen LogP contribution in [0.3, 0.4) is 0 Å². The molecule has 0 aliphatic carbocycles. The number of amides is 1. The second-order valence-electron chi connectivity index (χ2n) is 9.42. The minimum absolute atomic E-state index is 0.100.